The average Bonchev–Trinajstić information content (AvgIpc) is 2.70. The van der Waals surface area contributed by atoms with Gasteiger partial charge in [0, 0.05) is 19.6 Å². The Morgan fingerprint density at radius 2 is 1.77 bits per heavy atom. The molecule has 2 heterocycles. The molecule has 1 aromatic rings. The van der Waals surface area contributed by atoms with Crippen molar-refractivity contribution in [1.82, 2.24) is 4.90 Å². The molecule has 6 nitrogen and oxygen atoms in total. The summed E-state index contributed by atoms with van der Waals surface area (Å²) in [7, 11) is 5.94. The molecule has 0 bridgehead atoms. The molecule has 0 saturated carbocycles. The molecule has 0 amide bonds. The van der Waals surface area contributed by atoms with Crippen molar-refractivity contribution in [1.29, 1.82) is 0 Å². The van der Waals surface area contributed by atoms with Gasteiger partial charge in [0.25, 0.3) is 0 Å². The molecule has 8 atom stereocenters. The van der Waals surface area contributed by atoms with Crippen molar-refractivity contribution in [2.24, 2.45) is 0 Å². The lowest BCUT2D eigenvalue weighted by Gasteiger charge is -2.49. The molecule has 1 unspecified atom stereocenters. The van der Waals surface area contributed by atoms with Crippen LogP contribution in [0.1, 0.15) is 46.1 Å². The van der Waals surface area contributed by atoms with E-state index in [2.05, 4.69) is 51.9 Å². The van der Waals surface area contributed by atoms with Gasteiger partial charge in [0.05, 0.1) is 30.5 Å². The summed E-state index contributed by atoms with van der Waals surface area (Å²) >= 11 is 0. The van der Waals surface area contributed by atoms with Gasteiger partial charge in [-0.05, 0) is 53.8 Å². The lowest BCUT2D eigenvalue weighted by atomic mass is 9.88. The smallest absolute Gasteiger partial charge is 0.161 e. The molecular weight excluding hydrogens is 382 g/mol. The van der Waals surface area contributed by atoms with Crippen molar-refractivity contribution in [3.8, 4) is 0 Å². The molecule has 2 aliphatic rings. The fraction of sp³-hybridized carbons (Fsp3) is 0.750. The van der Waals surface area contributed by atoms with Gasteiger partial charge in [0.1, 0.15) is 12.2 Å². The molecule has 2 fully saturated rings. The molecule has 0 aromatic heterocycles. The third-order valence-corrected chi connectivity index (χ3v) is 6.54. The number of hydrogen-bond acceptors (Lipinski definition) is 6. The molecule has 2 saturated heterocycles. The van der Waals surface area contributed by atoms with Crippen LogP contribution in [0.3, 0.4) is 0 Å². The number of rotatable bonds is 7. The number of ether oxygens (including phenoxy) is 5. The van der Waals surface area contributed by atoms with Gasteiger partial charge in [0.2, 0.25) is 0 Å². The first-order valence-electron chi connectivity index (χ1n) is 11.1. The first-order chi connectivity index (χ1) is 14.2. The monoisotopic (exact) mass is 421 g/mol. The highest BCUT2D eigenvalue weighted by Gasteiger charge is 2.49. The zero-order chi connectivity index (χ0) is 21.9. The topological polar surface area (TPSA) is 49.4 Å². The Morgan fingerprint density at radius 3 is 2.40 bits per heavy atom. The Balaban J connectivity index is 1.67. The van der Waals surface area contributed by atoms with Crippen molar-refractivity contribution in [2.75, 3.05) is 21.2 Å². The molecule has 0 aliphatic carbocycles. The fourth-order valence-electron chi connectivity index (χ4n) is 4.82. The number of nitrogens with zero attached hydrogens (tertiary/aromatic N) is 1. The van der Waals surface area contributed by atoms with Gasteiger partial charge in [-0.1, -0.05) is 30.3 Å². The zero-order valence-electron chi connectivity index (χ0n) is 19.5. The maximum atomic E-state index is 6.52. The van der Waals surface area contributed by atoms with Gasteiger partial charge in [-0.15, -0.1) is 0 Å². The van der Waals surface area contributed by atoms with E-state index in [1.165, 1.54) is 0 Å². The van der Waals surface area contributed by atoms with Crippen LogP contribution in [0.25, 0.3) is 0 Å². The van der Waals surface area contributed by atoms with E-state index < -0.39 is 5.60 Å². The summed E-state index contributed by atoms with van der Waals surface area (Å²) < 4.78 is 31.1. The normalized spacial score (nSPS) is 39.9. The quantitative estimate of drug-likeness (QED) is 0.670. The lowest BCUT2D eigenvalue weighted by Crippen LogP contribution is -2.60. The molecule has 0 radical (unpaired) electrons. The fourth-order valence-corrected chi connectivity index (χ4v) is 4.82. The molecule has 0 spiro atoms. The van der Waals surface area contributed by atoms with Crippen molar-refractivity contribution >= 4 is 0 Å². The van der Waals surface area contributed by atoms with Crippen LogP contribution in [-0.4, -0.2) is 74.6 Å². The molecule has 0 N–H and O–H groups in total. The maximum absolute atomic E-state index is 6.52. The number of likely N-dealkylation sites (N-methyl/N-ethyl adjacent to an activating group) is 1. The van der Waals surface area contributed by atoms with Crippen molar-refractivity contribution in [3.05, 3.63) is 35.9 Å². The third-order valence-electron chi connectivity index (χ3n) is 6.54. The molecule has 2 aliphatic heterocycles. The number of methoxy groups -OCH3 is 1. The SMILES string of the molecule is CO[C@]1(C)CC(O[C@H]2[C@H](C)O[C@H](C)C[C@@H]2N(C)C)O[C@@H](C)[C@@H]1OCc1ccccc1. The predicted molar refractivity (Wildman–Crippen MR) is 116 cm³/mol. The Morgan fingerprint density at radius 1 is 1.07 bits per heavy atom. The molecule has 3 rings (SSSR count). The minimum Gasteiger partial charge on any atom is -0.376 e. The van der Waals surface area contributed by atoms with E-state index in [1.54, 1.807) is 7.11 Å². The third kappa shape index (κ3) is 5.42. The first kappa shape index (κ1) is 23.6. The largest absolute Gasteiger partial charge is 0.376 e. The highest BCUT2D eigenvalue weighted by molar-refractivity contribution is 5.13. The minimum absolute atomic E-state index is 0.000844. The van der Waals surface area contributed by atoms with Gasteiger partial charge < -0.3 is 28.6 Å². The van der Waals surface area contributed by atoms with Crippen molar-refractivity contribution in [3.63, 3.8) is 0 Å². The van der Waals surface area contributed by atoms with Gasteiger partial charge in [0.15, 0.2) is 6.29 Å². The lowest BCUT2D eigenvalue weighted by molar-refractivity contribution is -0.313. The van der Waals surface area contributed by atoms with Crippen LogP contribution in [0.15, 0.2) is 30.3 Å². The Bertz CT molecular complexity index is 656. The van der Waals surface area contributed by atoms with Crippen molar-refractivity contribution < 1.29 is 23.7 Å². The van der Waals surface area contributed by atoms with E-state index in [9.17, 15) is 0 Å². The van der Waals surface area contributed by atoms with Crippen LogP contribution < -0.4 is 0 Å². The van der Waals surface area contributed by atoms with Crippen LogP contribution in [0, 0.1) is 0 Å². The number of hydrogen-bond donors (Lipinski definition) is 0. The molecule has 170 valence electrons. The van der Waals surface area contributed by atoms with Crippen LogP contribution in [0.4, 0.5) is 0 Å². The second-order valence-electron chi connectivity index (χ2n) is 9.23. The highest BCUT2D eigenvalue weighted by atomic mass is 16.7. The molecule has 30 heavy (non-hydrogen) atoms. The summed E-state index contributed by atoms with van der Waals surface area (Å²) in [4.78, 5) is 2.23. The number of benzene rings is 1. The van der Waals surface area contributed by atoms with E-state index in [4.69, 9.17) is 23.7 Å². The van der Waals surface area contributed by atoms with Gasteiger partial charge in [-0.2, -0.15) is 0 Å². The van der Waals surface area contributed by atoms with E-state index in [0.717, 1.165) is 12.0 Å². The second kappa shape index (κ2) is 10.1. The van der Waals surface area contributed by atoms with Gasteiger partial charge in [-0.25, -0.2) is 0 Å². The van der Waals surface area contributed by atoms with Crippen LogP contribution in [0.2, 0.25) is 0 Å². The summed E-state index contributed by atoms with van der Waals surface area (Å²) in [5.74, 6) is 0. The summed E-state index contributed by atoms with van der Waals surface area (Å²) in [6, 6.07) is 10.5. The predicted octanol–water partition coefficient (Wildman–Crippen LogP) is 3.62. The Kier molecular flexibility index (Phi) is 7.93. The van der Waals surface area contributed by atoms with E-state index in [-0.39, 0.29) is 42.9 Å². The molecule has 1 aromatic carbocycles. The molecular formula is C24H39NO5. The Labute approximate surface area is 181 Å². The van der Waals surface area contributed by atoms with E-state index in [0.29, 0.717) is 13.0 Å². The standard InChI is InChI=1S/C24H39NO5/c1-16-13-20(25(5)6)22(17(2)28-16)30-21-14-24(4,26-7)23(18(3)29-21)27-15-19-11-9-8-10-12-19/h8-12,16-18,20-23H,13-15H2,1-7H3/t16-,17+,18+,20+,21?,22+,23+,24-/m1/s1. The van der Waals surface area contributed by atoms with Gasteiger partial charge in [-0.3, -0.25) is 0 Å². The van der Waals surface area contributed by atoms with E-state index >= 15 is 0 Å². The van der Waals surface area contributed by atoms with E-state index in [1.807, 2.05) is 25.1 Å². The van der Waals surface area contributed by atoms with Gasteiger partial charge >= 0.3 is 0 Å². The van der Waals surface area contributed by atoms with Crippen LogP contribution >= 0.6 is 0 Å². The van der Waals surface area contributed by atoms with Crippen LogP contribution in [0.5, 0.6) is 0 Å². The summed E-state index contributed by atoms with van der Waals surface area (Å²) in [6.07, 6.45) is 0.992. The summed E-state index contributed by atoms with van der Waals surface area (Å²) in [5, 5.41) is 0. The Hall–Kier alpha value is -1.02. The van der Waals surface area contributed by atoms with Crippen LogP contribution in [-0.2, 0) is 30.3 Å². The maximum Gasteiger partial charge on any atom is 0.161 e. The molecule has 6 heteroatoms. The zero-order valence-corrected chi connectivity index (χ0v) is 19.5. The average molecular weight is 422 g/mol. The van der Waals surface area contributed by atoms with Crippen molar-refractivity contribution in [2.45, 2.75) is 95.6 Å². The summed E-state index contributed by atoms with van der Waals surface area (Å²) in [6.45, 7) is 8.86. The highest BCUT2D eigenvalue weighted by Crippen LogP contribution is 2.37. The first-order valence-corrected chi connectivity index (χ1v) is 11.1. The second-order valence-corrected chi connectivity index (χ2v) is 9.23. The summed E-state index contributed by atoms with van der Waals surface area (Å²) in [5.41, 5.74) is 0.634. The minimum atomic E-state index is -0.503.